The SMILES string of the molecule is O=C(Nc1nsc(-c2ccccc2)n1)C1CCN1C1CCOCC1. The fraction of sp³-hybridized carbons (Fsp3) is 0.471. The average Bonchev–Trinajstić information content (AvgIpc) is 3.04. The number of nitrogens with zero attached hydrogens (tertiary/aromatic N) is 3. The highest BCUT2D eigenvalue weighted by Crippen LogP contribution is 2.28. The van der Waals surface area contributed by atoms with E-state index in [4.69, 9.17) is 4.74 Å². The van der Waals surface area contributed by atoms with Gasteiger partial charge in [-0.2, -0.15) is 9.36 Å². The molecule has 4 rings (SSSR count). The molecule has 1 atom stereocenters. The van der Waals surface area contributed by atoms with Gasteiger partial charge in [0.2, 0.25) is 11.9 Å². The Morgan fingerprint density at radius 1 is 1.21 bits per heavy atom. The first kappa shape index (κ1) is 15.7. The topological polar surface area (TPSA) is 67.4 Å². The monoisotopic (exact) mass is 344 g/mol. The quantitative estimate of drug-likeness (QED) is 0.922. The average molecular weight is 344 g/mol. The van der Waals surface area contributed by atoms with Gasteiger partial charge in [0.25, 0.3) is 0 Å². The van der Waals surface area contributed by atoms with E-state index in [9.17, 15) is 4.79 Å². The summed E-state index contributed by atoms with van der Waals surface area (Å²) < 4.78 is 9.68. The van der Waals surface area contributed by atoms with Crippen molar-refractivity contribution < 1.29 is 9.53 Å². The van der Waals surface area contributed by atoms with Gasteiger partial charge in [-0.05, 0) is 30.8 Å². The number of nitrogens with one attached hydrogen (secondary N) is 1. The first-order valence-corrected chi connectivity index (χ1v) is 9.12. The fourth-order valence-corrected chi connectivity index (χ4v) is 3.94. The molecule has 126 valence electrons. The van der Waals surface area contributed by atoms with Crippen LogP contribution in [0.5, 0.6) is 0 Å². The minimum Gasteiger partial charge on any atom is -0.381 e. The maximum atomic E-state index is 12.5. The van der Waals surface area contributed by atoms with Gasteiger partial charge in [-0.25, -0.2) is 0 Å². The van der Waals surface area contributed by atoms with Crippen molar-refractivity contribution in [2.75, 3.05) is 25.1 Å². The number of aromatic nitrogens is 2. The van der Waals surface area contributed by atoms with Crippen LogP contribution in [0.2, 0.25) is 0 Å². The zero-order valence-electron chi connectivity index (χ0n) is 13.4. The van der Waals surface area contributed by atoms with Crippen LogP contribution in [0.1, 0.15) is 19.3 Å². The highest BCUT2D eigenvalue weighted by atomic mass is 32.1. The van der Waals surface area contributed by atoms with Crippen LogP contribution in [-0.2, 0) is 9.53 Å². The first-order valence-electron chi connectivity index (χ1n) is 8.35. The predicted octanol–water partition coefficient (Wildman–Crippen LogP) is 2.40. The van der Waals surface area contributed by atoms with Crippen molar-refractivity contribution in [1.29, 1.82) is 0 Å². The zero-order valence-corrected chi connectivity index (χ0v) is 14.2. The molecule has 1 N–H and O–H groups in total. The molecule has 2 aromatic rings. The Morgan fingerprint density at radius 2 is 2.00 bits per heavy atom. The molecule has 2 aliphatic heterocycles. The van der Waals surface area contributed by atoms with Gasteiger partial charge in [-0.3, -0.25) is 15.0 Å². The second-order valence-corrected chi connectivity index (χ2v) is 6.92. The Labute approximate surface area is 145 Å². The normalized spacial score (nSPS) is 22.1. The fourth-order valence-electron chi connectivity index (χ4n) is 3.31. The van der Waals surface area contributed by atoms with Gasteiger partial charge in [-0.15, -0.1) is 0 Å². The molecule has 2 aliphatic rings. The summed E-state index contributed by atoms with van der Waals surface area (Å²) in [6.45, 7) is 2.58. The Bertz CT molecular complexity index is 700. The Kier molecular flexibility index (Phi) is 4.55. The van der Waals surface area contributed by atoms with E-state index in [0.29, 0.717) is 12.0 Å². The summed E-state index contributed by atoms with van der Waals surface area (Å²) in [4.78, 5) is 19.3. The third-order valence-electron chi connectivity index (χ3n) is 4.71. The molecule has 0 spiro atoms. The van der Waals surface area contributed by atoms with Gasteiger partial charge in [0.15, 0.2) is 0 Å². The van der Waals surface area contributed by atoms with Crippen LogP contribution in [0.15, 0.2) is 30.3 Å². The second kappa shape index (κ2) is 6.96. The third kappa shape index (κ3) is 3.19. The maximum absolute atomic E-state index is 12.5. The van der Waals surface area contributed by atoms with Crippen LogP contribution >= 0.6 is 11.5 Å². The Balaban J connectivity index is 1.39. The lowest BCUT2D eigenvalue weighted by Gasteiger charge is -2.46. The maximum Gasteiger partial charge on any atom is 0.244 e. The number of anilines is 1. The zero-order chi connectivity index (χ0) is 16.4. The molecule has 24 heavy (non-hydrogen) atoms. The van der Waals surface area contributed by atoms with Crippen molar-refractivity contribution in [3.63, 3.8) is 0 Å². The molecule has 1 aromatic carbocycles. The summed E-state index contributed by atoms with van der Waals surface area (Å²) in [5.74, 6) is 0.410. The molecular weight excluding hydrogens is 324 g/mol. The van der Waals surface area contributed by atoms with Crippen LogP contribution < -0.4 is 5.32 Å². The molecule has 0 aliphatic carbocycles. The number of rotatable bonds is 4. The summed E-state index contributed by atoms with van der Waals surface area (Å²) in [7, 11) is 0. The number of amides is 1. The van der Waals surface area contributed by atoms with E-state index in [-0.39, 0.29) is 11.9 Å². The molecule has 0 saturated carbocycles. The van der Waals surface area contributed by atoms with Crippen LogP contribution in [0, 0.1) is 0 Å². The number of carbonyl (C=O) groups is 1. The van der Waals surface area contributed by atoms with Crippen LogP contribution in [-0.4, -0.2) is 52.0 Å². The highest BCUT2D eigenvalue weighted by molar-refractivity contribution is 7.09. The smallest absolute Gasteiger partial charge is 0.244 e. The number of benzene rings is 1. The van der Waals surface area contributed by atoms with Crippen molar-refractivity contribution in [2.24, 2.45) is 0 Å². The van der Waals surface area contributed by atoms with Crippen molar-refractivity contribution in [1.82, 2.24) is 14.3 Å². The minimum absolute atomic E-state index is 0.00477. The van der Waals surface area contributed by atoms with E-state index in [1.807, 2.05) is 30.3 Å². The lowest BCUT2D eigenvalue weighted by molar-refractivity contribution is -0.129. The van der Waals surface area contributed by atoms with E-state index >= 15 is 0 Å². The summed E-state index contributed by atoms with van der Waals surface area (Å²) in [5.41, 5.74) is 1.02. The van der Waals surface area contributed by atoms with Crippen molar-refractivity contribution >= 4 is 23.4 Å². The van der Waals surface area contributed by atoms with Crippen LogP contribution in [0.4, 0.5) is 5.95 Å². The number of hydrogen-bond donors (Lipinski definition) is 1. The van der Waals surface area contributed by atoms with Gasteiger partial charge in [0.1, 0.15) is 5.01 Å². The highest BCUT2D eigenvalue weighted by Gasteiger charge is 2.39. The van der Waals surface area contributed by atoms with Crippen LogP contribution in [0.3, 0.4) is 0 Å². The van der Waals surface area contributed by atoms with Crippen LogP contribution in [0.25, 0.3) is 10.6 Å². The molecule has 7 heteroatoms. The van der Waals surface area contributed by atoms with Gasteiger partial charge < -0.3 is 4.74 Å². The predicted molar refractivity (Wildman–Crippen MR) is 92.9 cm³/mol. The standard InChI is InChI=1S/C17H20N4O2S/c22-15(14-6-9-21(14)13-7-10-23-11-8-13)18-17-19-16(24-20-17)12-4-2-1-3-5-12/h1-5,13-14H,6-11H2,(H,18,20,22). The van der Waals surface area contributed by atoms with Crippen molar-refractivity contribution in [3.05, 3.63) is 30.3 Å². The minimum atomic E-state index is -0.0585. The van der Waals surface area contributed by atoms with Gasteiger partial charge in [0, 0.05) is 31.4 Å². The first-order chi connectivity index (χ1) is 11.8. The molecule has 1 unspecified atom stereocenters. The lowest BCUT2D eigenvalue weighted by Crippen LogP contribution is -2.59. The molecule has 3 heterocycles. The van der Waals surface area contributed by atoms with E-state index in [0.717, 1.165) is 49.6 Å². The molecule has 1 amide bonds. The van der Waals surface area contributed by atoms with E-state index in [1.54, 1.807) is 0 Å². The third-order valence-corrected chi connectivity index (χ3v) is 5.47. The number of ether oxygens (including phenoxy) is 1. The molecule has 6 nitrogen and oxygen atoms in total. The van der Waals surface area contributed by atoms with Crippen molar-refractivity contribution in [2.45, 2.75) is 31.3 Å². The summed E-state index contributed by atoms with van der Waals surface area (Å²) in [6, 6.07) is 10.3. The number of likely N-dealkylation sites (tertiary alicyclic amines) is 1. The molecule has 2 saturated heterocycles. The molecular formula is C17H20N4O2S. The van der Waals surface area contributed by atoms with Gasteiger partial charge in [-0.1, -0.05) is 30.3 Å². The summed E-state index contributed by atoms with van der Waals surface area (Å²) >= 11 is 1.30. The summed E-state index contributed by atoms with van der Waals surface area (Å²) in [5, 5.41) is 3.70. The largest absolute Gasteiger partial charge is 0.381 e. The Hall–Kier alpha value is -1.83. The van der Waals surface area contributed by atoms with E-state index in [2.05, 4.69) is 19.6 Å². The van der Waals surface area contributed by atoms with E-state index < -0.39 is 0 Å². The van der Waals surface area contributed by atoms with E-state index in [1.165, 1.54) is 11.5 Å². The molecule has 0 bridgehead atoms. The second-order valence-electron chi connectivity index (χ2n) is 6.16. The molecule has 0 radical (unpaired) electrons. The van der Waals surface area contributed by atoms with Gasteiger partial charge in [0.05, 0.1) is 6.04 Å². The number of carbonyl (C=O) groups excluding carboxylic acids is 1. The Morgan fingerprint density at radius 3 is 2.71 bits per heavy atom. The number of hydrogen-bond acceptors (Lipinski definition) is 6. The molecule has 2 fully saturated rings. The summed E-state index contributed by atoms with van der Waals surface area (Å²) in [6.07, 6.45) is 2.92. The lowest BCUT2D eigenvalue weighted by atomic mass is 9.95. The van der Waals surface area contributed by atoms with Crippen molar-refractivity contribution in [3.8, 4) is 10.6 Å². The van der Waals surface area contributed by atoms with Gasteiger partial charge >= 0.3 is 0 Å². The molecule has 1 aromatic heterocycles.